The quantitative estimate of drug-likeness (QED) is 0.845. The minimum absolute atomic E-state index is 0.0996. The van der Waals surface area contributed by atoms with E-state index in [9.17, 15) is 8.42 Å². The lowest BCUT2D eigenvalue weighted by molar-refractivity contribution is 0.537. The van der Waals surface area contributed by atoms with Crippen molar-refractivity contribution in [3.8, 4) is 0 Å². The third-order valence-electron chi connectivity index (χ3n) is 3.71. The topological polar surface area (TPSA) is 71.1 Å². The molecule has 0 aromatic carbocycles. The van der Waals surface area contributed by atoms with Gasteiger partial charge in [0.2, 0.25) is 10.0 Å². The minimum atomic E-state index is -3.54. The van der Waals surface area contributed by atoms with E-state index in [1.165, 1.54) is 12.3 Å². The fourth-order valence-electron chi connectivity index (χ4n) is 2.08. The molecule has 1 aromatic heterocycles. The van der Waals surface area contributed by atoms with E-state index in [0.29, 0.717) is 29.8 Å². The molecule has 0 aliphatic heterocycles. The molecule has 2 N–H and O–H groups in total. The predicted molar refractivity (Wildman–Crippen MR) is 80.5 cm³/mol. The van der Waals surface area contributed by atoms with Gasteiger partial charge in [0.05, 0.1) is 5.02 Å². The molecule has 0 bridgehead atoms. The molecule has 1 aliphatic carbocycles. The van der Waals surface area contributed by atoms with Gasteiger partial charge in [0, 0.05) is 19.3 Å². The summed E-state index contributed by atoms with van der Waals surface area (Å²) in [5.41, 5.74) is 0.243. The summed E-state index contributed by atoms with van der Waals surface area (Å²) in [6, 6.07) is 1.42. The summed E-state index contributed by atoms with van der Waals surface area (Å²) < 4.78 is 27.0. The van der Waals surface area contributed by atoms with Crippen molar-refractivity contribution >= 4 is 27.4 Å². The summed E-state index contributed by atoms with van der Waals surface area (Å²) in [5.74, 6) is 0.901. The summed E-state index contributed by atoms with van der Waals surface area (Å²) in [7, 11) is -3.54. The maximum Gasteiger partial charge on any atom is 0.242 e. The predicted octanol–water partition coefficient (Wildman–Crippen LogP) is 2.49. The van der Waals surface area contributed by atoms with Crippen molar-refractivity contribution in [3.05, 3.63) is 17.3 Å². The van der Waals surface area contributed by atoms with E-state index in [0.717, 1.165) is 6.42 Å². The zero-order chi connectivity index (χ0) is 15.0. The normalized spacial score (nSPS) is 20.7. The van der Waals surface area contributed by atoms with Crippen LogP contribution in [-0.2, 0) is 10.0 Å². The molecule has 0 saturated heterocycles. The van der Waals surface area contributed by atoms with Crippen LogP contribution in [0.2, 0.25) is 5.02 Å². The molecule has 1 aromatic rings. The second kappa shape index (κ2) is 5.50. The molecular weight excluding hydrogens is 298 g/mol. The number of aromatic nitrogens is 1. The van der Waals surface area contributed by atoms with Crippen LogP contribution in [0.1, 0.15) is 27.2 Å². The van der Waals surface area contributed by atoms with Crippen molar-refractivity contribution in [1.29, 1.82) is 0 Å². The molecule has 2 rings (SSSR count). The Bertz CT molecular complexity index is 602. The second-order valence-electron chi connectivity index (χ2n) is 5.77. The first kappa shape index (κ1) is 15.5. The number of pyridine rings is 1. The average Bonchev–Trinajstić information content (AvgIpc) is 2.97. The summed E-state index contributed by atoms with van der Waals surface area (Å²) in [5, 5.41) is 3.27. The molecule has 1 atom stereocenters. The smallest absolute Gasteiger partial charge is 0.242 e. The third kappa shape index (κ3) is 3.42. The molecule has 0 spiro atoms. The maximum atomic E-state index is 12.2. The van der Waals surface area contributed by atoms with Gasteiger partial charge in [0.1, 0.15) is 10.7 Å². The highest BCUT2D eigenvalue weighted by atomic mass is 35.5. The van der Waals surface area contributed by atoms with E-state index in [1.807, 2.05) is 6.92 Å². The molecule has 5 nitrogen and oxygen atoms in total. The first-order valence-corrected chi connectivity index (χ1v) is 8.51. The standard InChI is InChI=1S/C13H20ClN3O2S/c1-4-15-12-11(14)5-10(8-16-12)20(18,19)17-7-9-6-13(9,2)3/h5,8-9,17H,4,6-7H2,1-3H3,(H,15,16). The number of sulfonamides is 1. The first-order chi connectivity index (χ1) is 9.26. The minimum Gasteiger partial charge on any atom is -0.369 e. The highest BCUT2D eigenvalue weighted by Gasteiger charge is 2.45. The fraction of sp³-hybridized carbons (Fsp3) is 0.615. The largest absolute Gasteiger partial charge is 0.369 e. The van der Waals surface area contributed by atoms with E-state index in [1.54, 1.807) is 0 Å². The van der Waals surface area contributed by atoms with Crippen molar-refractivity contribution in [2.24, 2.45) is 11.3 Å². The van der Waals surface area contributed by atoms with Gasteiger partial charge in [0.15, 0.2) is 0 Å². The Labute approximate surface area is 125 Å². The van der Waals surface area contributed by atoms with E-state index in [-0.39, 0.29) is 10.3 Å². The van der Waals surface area contributed by atoms with Crippen molar-refractivity contribution in [2.45, 2.75) is 32.1 Å². The lowest BCUT2D eigenvalue weighted by atomic mass is 10.1. The van der Waals surface area contributed by atoms with Crippen LogP contribution in [0.3, 0.4) is 0 Å². The number of hydrogen-bond donors (Lipinski definition) is 2. The molecule has 1 fully saturated rings. The van der Waals surface area contributed by atoms with Crippen LogP contribution >= 0.6 is 11.6 Å². The van der Waals surface area contributed by atoms with Crippen LogP contribution in [0.4, 0.5) is 5.82 Å². The average molecular weight is 318 g/mol. The Morgan fingerprint density at radius 3 is 2.65 bits per heavy atom. The number of hydrogen-bond acceptors (Lipinski definition) is 4. The molecule has 1 aliphatic rings. The van der Waals surface area contributed by atoms with Crippen molar-refractivity contribution in [2.75, 3.05) is 18.4 Å². The van der Waals surface area contributed by atoms with Gasteiger partial charge in [-0.1, -0.05) is 25.4 Å². The maximum absolute atomic E-state index is 12.2. The summed E-state index contributed by atoms with van der Waals surface area (Å²) in [4.78, 5) is 4.14. The third-order valence-corrected chi connectivity index (χ3v) is 5.39. The SMILES string of the molecule is CCNc1ncc(S(=O)(=O)NCC2CC2(C)C)cc1Cl. The van der Waals surface area contributed by atoms with Crippen LogP contribution in [0.5, 0.6) is 0 Å². The van der Waals surface area contributed by atoms with Gasteiger partial charge in [-0.3, -0.25) is 0 Å². The Balaban J connectivity index is 2.07. The van der Waals surface area contributed by atoms with Crippen molar-refractivity contribution in [3.63, 3.8) is 0 Å². The molecule has 112 valence electrons. The van der Waals surface area contributed by atoms with Crippen molar-refractivity contribution in [1.82, 2.24) is 9.71 Å². The number of halogens is 1. The molecule has 7 heteroatoms. The van der Waals surface area contributed by atoms with E-state index in [4.69, 9.17) is 11.6 Å². The number of rotatable bonds is 6. The van der Waals surface area contributed by atoms with Crippen LogP contribution in [0, 0.1) is 11.3 Å². The first-order valence-electron chi connectivity index (χ1n) is 6.65. The fourth-order valence-corrected chi connectivity index (χ4v) is 3.43. The number of nitrogens with zero attached hydrogens (tertiary/aromatic N) is 1. The Morgan fingerprint density at radius 1 is 1.50 bits per heavy atom. The van der Waals surface area contributed by atoms with Crippen LogP contribution in [0.25, 0.3) is 0 Å². The van der Waals surface area contributed by atoms with Gasteiger partial charge in [-0.25, -0.2) is 18.1 Å². The lowest BCUT2D eigenvalue weighted by Gasteiger charge is -2.10. The Morgan fingerprint density at radius 2 is 2.15 bits per heavy atom. The van der Waals surface area contributed by atoms with E-state index >= 15 is 0 Å². The summed E-state index contributed by atoms with van der Waals surface area (Å²) >= 11 is 6.02. The van der Waals surface area contributed by atoms with Crippen LogP contribution < -0.4 is 10.0 Å². The lowest BCUT2D eigenvalue weighted by Crippen LogP contribution is -2.27. The van der Waals surface area contributed by atoms with Gasteiger partial charge in [0.25, 0.3) is 0 Å². The van der Waals surface area contributed by atoms with E-state index in [2.05, 4.69) is 28.9 Å². The molecule has 1 unspecified atom stereocenters. The summed E-state index contributed by atoms with van der Waals surface area (Å²) in [6.45, 7) is 7.32. The summed E-state index contributed by atoms with van der Waals surface area (Å²) in [6.07, 6.45) is 2.37. The number of nitrogens with one attached hydrogen (secondary N) is 2. The van der Waals surface area contributed by atoms with Gasteiger partial charge >= 0.3 is 0 Å². The number of anilines is 1. The molecular formula is C13H20ClN3O2S. The highest BCUT2D eigenvalue weighted by molar-refractivity contribution is 7.89. The zero-order valence-electron chi connectivity index (χ0n) is 11.9. The molecule has 20 heavy (non-hydrogen) atoms. The van der Waals surface area contributed by atoms with Crippen LogP contribution in [0.15, 0.2) is 17.2 Å². The van der Waals surface area contributed by atoms with Gasteiger partial charge in [-0.15, -0.1) is 0 Å². The highest BCUT2D eigenvalue weighted by Crippen LogP contribution is 2.51. The molecule has 1 heterocycles. The van der Waals surface area contributed by atoms with Gasteiger partial charge < -0.3 is 5.32 Å². The van der Waals surface area contributed by atoms with E-state index < -0.39 is 10.0 Å². The van der Waals surface area contributed by atoms with Gasteiger partial charge in [-0.05, 0) is 30.7 Å². The monoisotopic (exact) mass is 317 g/mol. The van der Waals surface area contributed by atoms with Crippen molar-refractivity contribution < 1.29 is 8.42 Å². The molecule has 0 amide bonds. The Kier molecular flexibility index (Phi) is 4.27. The second-order valence-corrected chi connectivity index (χ2v) is 7.95. The Hall–Kier alpha value is -0.850. The molecule has 1 saturated carbocycles. The molecule has 0 radical (unpaired) electrons. The van der Waals surface area contributed by atoms with Gasteiger partial charge in [-0.2, -0.15) is 0 Å². The zero-order valence-corrected chi connectivity index (χ0v) is 13.5. The van der Waals surface area contributed by atoms with Crippen LogP contribution in [-0.4, -0.2) is 26.5 Å².